The molecule has 0 spiro atoms. The summed E-state index contributed by atoms with van der Waals surface area (Å²) < 4.78 is 10.8. The molecule has 3 aromatic rings. The van der Waals surface area contributed by atoms with Crippen LogP contribution in [0.1, 0.15) is 28.4 Å². The van der Waals surface area contributed by atoms with Crippen LogP contribution in [0.4, 0.5) is 5.69 Å². The highest BCUT2D eigenvalue weighted by Gasteiger charge is 2.28. The van der Waals surface area contributed by atoms with E-state index in [9.17, 15) is 4.79 Å². The first-order chi connectivity index (χ1) is 11.8. The molecule has 1 atom stereocenters. The van der Waals surface area contributed by atoms with Crippen molar-refractivity contribution in [2.75, 3.05) is 12.1 Å². The number of carbonyl (C=O) groups is 1. The molecule has 4 nitrogen and oxygen atoms in total. The zero-order valence-electron chi connectivity index (χ0n) is 12.9. The monoisotopic (exact) mass is 317 g/mol. The third kappa shape index (κ3) is 1.96. The van der Waals surface area contributed by atoms with Crippen LogP contribution in [-0.2, 0) is 0 Å². The standard InChI is InChI=1S/C20H15NO3/c22-17-10-16(13-6-8-18-19(9-13)24-11-23-18)21-15-7-5-12-3-1-2-4-14(12)20(15)17/h1-9,16,21H,10-11H2. The maximum atomic E-state index is 12.8. The molecule has 24 heavy (non-hydrogen) atoms. The molecule has 0 saturated carbocycles. The van der Waals surface area contributed by atoms with Gasteiger partial charge in [0.05, 0.1) is 6.04 Å². The van der Waals surface area contributed by atoms with Gasteiger partial charge in [0.15, 0.2) is 17.3 Å². The molecule has 2 aliphatic rings. The van der Waals surface area contributed by atoms with E-state index in [1.165, 1.54) is 0 Å². The first kappa shape index (κ1) is 13.4. The van der Waals surface area contributed by atoms with Crippen LogP contribution < -0.4 is 14.8 Å². The van der Waals surface area contributed by atoms with E-state index in [1.807, 2.05) is 48.5 Å². The van der Waals surface area contributed by atoms with Gasteiger partial charge in [0, 0.05) is 17.7 Å². The van der Waals surface area contributed by atoms with Crippen molar-refractivity contribution in [3.05, 3.63) is 65.7 Å². The van der Waals surface area contributed by atoms with Crippen molar-refractivity contribution < 1.29 is 14.3 Å². The molecular weight excluding hydrogens is 302 g/mol. The van der Waals surface area contributed by atoms with Gasteiger partial charge in [-0.2, -0.15) is 0 Å². The van der Waals surface area contributed by atoms with Crippen LogP contribution >= 0.6 is 0 Å². The van der Waals surface area contributed by atoms with E-state index < -0.39 is 0 Å². The summed E-state index contributed by atoms with van der Waals surface area (Å²) in [6.45, 7) is 0.255. The van der Waals surface area contributed by atoms with E-state index >= 15 is 0 Å². The Balaban J connectivity index is 1.57. The summed E-state index contributed by atoms with van der Waals surface area (Å²) >= 11 is 0. The highest BCUT2D eigenvalue weighted by atomic mass is 16.7. The number of benzene rings is 3. The minimum atomic E-state index is -0.0549. The molecule has 118 valence electrons. The second kappa shape index (κ2) is 4.99. The molecule has 4 heteroatoms. The quantitative estimate of drug-likeness (QED) is 0.726. The fourth-order valence-electron chi connectivity index (χ4n) is 3.55. The maximum absolute atomic E-state index is 12.8. The number of hydrogen-bond donors (Lipinski definition) is 1. The first-order valence-electron chi connectivity index (χ1n) is 8.00. The minimum absolute atomic E-state index is 0.0549. The number of ether oxygens (including phenoxy) is 2. The molecular formula is C20H15NO3. The van der Waals surface area contributed by atoms with E-state index in [0.717, 1.165) is 39.1 Å². The summed E-state index contributed by atoms with van der Waals surface area (Å²) in [5.74, 6) is 1.67. The molecule has 0 aromatic heterocycles. The smallest absolute Gasteiger partial charge is 0.231 e. The normalized spacial score (nSPS) is 18.3. The molecule has 0 fully saturated rings. The third-order valence-corrected chi connectivity index (χ3v) is 4.73. The lowest BCUT2D eigenvalue weighted by Crippen LogP contribution is -2.23. The minimum Gasteiger partial charge on any atom is -0.454 e. The molecule has 1 unspecified atom stereocenters. The number of nitrogens with one attached hydrogen (secondary N) is 1. The van der Waals surface area contributed by atoms with Gasteiger partial charge >= 0.3 is 0 Å². The highest BCUT2D eigenvalue weighted by molar-refractivity contribution is 6.14. The predicted molar refractivity (Wildman–Crippen MR) is 91.8 cm³/mol. The fraction of sp³-hybridized carbons (Fsp3) is 0.150. The van der Waals surface area contributed by atoms with Gasteiger partial charge in [0.2, 0.25) is 6.79 Å². The summed E-state index contributed by atoms with van der Waals surface area (Å²) in [6.07, 6.45) is 0.431. The van der Waals surface area contributed by atoms with Crippen molar-refractivity contribution in [3.63, 3.8) is 0 Å². The summed E-state index contributed by atoms with van der Waals surface area (Å²) in [5.41, 5.74) is 2.73. The molecule has 0 saturated heterocycles. The van der Waals surface area contributed by atoms with Crippen LogP contribution in [-0.4, -0.2) is 12.6 Å². The number of fused-ring (bicyclic) bond motifs is 4. The van der Waals surface area contributed by atoms with Gasteiger partial charge in [-0.1, -0.05) is 36.4 Å². The number of Topliss-reactive ketones (excluding diaryl/α,β-unsaturated/α-hetero) is 1. The topological polar surface area (TPSA) is 47.6 Å². The summed E-state index contributed by atoms with van der Waals surface area (Å²) in [5, 5.41) is 5.61. The number of anilines is 1. The highest BCUT2D eigenvalue weighted by Crippen LogP contribution is 2.40. The lowest BCUT2D eigenvalue weighted by Gasteiger charge is -2.27. The van der Waals surface area contributed by atoms with Gasteiger partial charge in [-0.15, -0.1) is 0 Å². The SMILES string of the molecule is O=C1CC(c2ccc3c(c2)OCO3)Nc2ccc3ccccc3c21. The number of ketones is 1. The van der Waals surface area contributed by atoms with E-state index in [4.69, 9.17) is 9.47 Å². The molecule has 3 aromatic carbocycles. The summed E-state index contributed by atoms with van der Waals surface area (Å²) in [6, 6.07) is 17.8. The Kier molecular flexibility index (Phi) is 2.80. The van der Waals surface area contributed by atoms with Gasteiger partial charge in [-0.3, -0.25) is 4.79 Å². The van der Waals surface area contributed by atoms with E-state index in [2.05, 4.69) is 11.4 Å². The first-order valence-corrected chi connectivity index (χ1v) is 8.00. The lowest BCUT2D eigenvalue weighted by atomic mass is 9.89. The van der Waals surface area contributed by atoms with Crippen molar-refractivity contribution in [3.8, 4) is 11.5 Å². The van der Waals surface area contributed by atoms with Gasteiger partial charge in [-0.05, 0) is 34.5 Å². The Morgan fingerprint density at radius 3 is 2.79 bits per heavy atom. The molecule has 0 amide bonds. The van der Waals surface area contributed by atoms with Gasteiger partial charge in [0.25, 0.3) is 0 Å². The van der Waals surface area contributed by atoms with Crippen LogP contribution in [0.2, 0.25) is 0 Å². The van der Waals surface area contributed by atoms with Crippen LogP contribution in [0, 0.1) is 0 Å². The number of hydrogen-bond acceptors (Lipinski definition) is 4. The van der Waals surface area contributed by atoms with Crippen molar-refractivity contribution >= 4 is 22.2 Å². The third-order valence-electron chi connectivity index (χ3n) is 4.73. The Hall–Kier alpha value is -3.01. The fourth-order valence-corrected chi connectivity index (χ4v) is 3.55. The molecule has 0 radical (unpaired) electrons. The molecule has 1 N–H and O–H groups in total. The van der Waals surface area contributed by atoms with Crippen molar-refractivity contribution in [1.82, 2.24) is 0 Å². The van der Waals surface area contributed by atoms with E-state index in [-0.39, 0.29) is 18.6 Å². The van der Waals surface area contributed by atoms with Crippen molar-refractivity contribution in [1.29, 1.82) is 0 Å². The van der Waals surface area contributed by atoms with E-state index in [0.29, 0.717) is 6.42 Å². The molecule has 0 bridgehead atoms. The average molecular weight is 317 g/mol. The molecule has 0 aliphatic carbocycles. The van der Waals surface area contributed by atoms with Crippen LogP contribution in [0.5, 0.6) is 11.5 Å². The number of rotatable bonds is 1. The number of carbonyl (C=O) groups excluding carboxylic acids is 1. The molecule has 2 aliphatic heterocycles. The van der Waals surface area contributed by atoms with Crippen molar-refractivity contribution in [2.45, 2.75) is 12.5 Å². The van der Waals surface area contributed by atoms with Gasteiger partial charge < -0.3 is 14.8 Å². The van der Waals surface area contributed by atoms with Crippen molar-refractivity contribution in [2.24, 2.45) is 0 Å². The maximum Gasteiger partial charge on any atom is 0.231 e. The van der Waals surface area contributed by atoms with Gasteiger partial charge in [0.1, 0.15) is 0 Å². The van der Waals surface area contributed by atoms with Crippen LogP contribution in [0.15, 0.2) is 54.6 Å². The Bertz CT molecular complexity index is 980. The zero-order valence-corrected chi connectivity index (χ0v) is 12.9. The van der Waals surface area contributed by atoms with Crippen LogP contribution in [0.25, 0.3) is 10.8 Å². The molecule has 5 rings (SSSR count). The van der Waals surface area contributed by atoms with E-state index in [1.54, 1.807) is 0 Å². The van der Waals surface area contributed by atoms with Gasteiger partial charge in [-0.25, -0.2) is 0 Å². The largest absolute Gasteiger partial charge is 0.454 e. The Morgan fingerprint density at radius 2 is 1.83 bits per heavy atom. The Morgan fingerprint density at radius 1 is 0.958 bits per heavy atom. The average Bonchev–Trinajstić information content (AvgIpc) is 3.08. The zero-order chi connectivity index (χ0) is 16.1. The second-order valence-electron chi connectivity index (χ2n) is 6.15. The second-order valence-corrected chi connectivity index (χ2v) is 6.15. The lowest BCUT2D eigenvalue weighted by molar-refractivity contribution is 0.0974. The Labute approximate surface area is 139 Å². The summed E-state index contributed by atoms with van der Waals surface area (Å²) in [4.78, 5) is 12.8. The van der Waals surface area contributed by atoms with Crippen LogP contribution in [0.3, 0.4) is 0 Å². The molecule has 2 heterocycles. The predicted octanol–water partition coefficient (Wildman–Crippen LogP) is 4.31. The summed E-state index contributed by atoms with van der Waals surface area (Å²) in [7, 11) is 0.